The van der Waals surface area contributed by atoms with Crippen molar-refractivity contribution < 1.29 is 19.4 Å². The molecule has 2 fully saturated rings. The summed E-state index contributed by atoms with van der Waals surface area (Å²) in [5.74, 6) is -1.000. The Morgan fingerprint density at radius 2 is 1.81 bits per heavy atom. The maximum absolute atomic E-state index is 12.2. The number of amides is 2. The molecule has 21 heavy (non-hydrogen) atoms. The lowest BCUT2D eigenvalue weighted by atomic mass is 9.79. The highest BCUT2D eigenvalue weighted by Crippen LogP contribution is 2.29. The topological polar surface area (TPSA) is 78.9 Å². The van der Waals surface area contributed by atoms with Gasteiger partial charge < -0.3 is 20.1 Å². The summed E-state index contributed by atoms with van der Waals surface area (Å²) in [5.41, 5.74) is 0. The number of nitrogens with one attached hydrogen (secondary N) is 1. The molecular weight excluding hydrogens is 272 g/mol. The van der Waals surface area contributed by atoms with Gasteiger partial charge >= 0.3 is 12.0 Å². The van der Waals surface area contributed by atoms with Crippen LogP contribution in [0.15, 0.2) is 0 Å². The first-order valence-corrected chi connectivity index (χ1v) is 7.88. The molecular formula is C15H26N2O4. The van der Waals surface area contributed by atoms with Crippen LogP contribution in [0.1, 0.15) is 39.5 Å². The molecule has 1 aliphatic heterocycles. The number of ether oxygens (including phenoxy) is 1. The molecule has 0 aromatic heterocycles. The fourth-order valence-corrected chi connectivity index (χ4v) is 3.45. The Balaban J connectivity index is 1.83. The number of nitrogens with zero attached hydrogens (tertiary/aromatic N) is 1. The number of carboxylic acids is 1. The summed E-state index contributed by atoms with van der Waals surface area (Å²) in [6.45, 7) is 5.54. The van der Waals surface area contributed by atoms with Crippen molar-refractivity contribution in [3.63, 3.8) is 0 Å². The van der Waals surface area contributed by atoms with E-state index in [-0.39, 0.29) is 30.1 Å². The Kier molecular flexibility index (Phi) is 5.45. The summed E-state index contributed by atoms with van der Waals surface area (Å²) in [5, 5.41) is 12.2. The van der Waals surface area contributed by atoms with Crippen LogP contribution in [-0.2, 0) is 9.53 Å². The van der Waals surface area contributed by atoms with Gasteiger partial charge in [-0.25, -0.2) is 4.79 Å². The van der Waals surface area contributed by atoms with Gasteiger partial charge in [-0.3, -0.25) is 4.79 Å². The van der Waals surface area contributed by atoms with Gasteiger partial charge in [-0.1, -0.05) is 12.8 Å². The summed E-state index contributed by atoms with van der Waals surface area (Å²) in [4.78, 5) is 25.2. The minimum absolute atomic E-state index is 0.0425. The molecule has 0 radical (unpaired) electrons. The number of hydrogen-bond donors (Lipinski definition) is 2. The Morgan fingerprint density at radius 1 is 1.19 bits per heavy atom. The van der Waals surface area contributed by atoms with Gasteiger partial charge in [0, 0.05) is 19.6 Å². The third kappa shape index (κ3) is 4.33. The lowest BCUT2D eigenvalue weighted by Gasteiger charge is -2.36. The molecule has 2 amide bonds. The predicted molar refractivity (Wildman–Crippen MR) is 78.1 cm³/mol. The minimum Gasteiger partial charge on any atom is -0.481 e. The van der Waals surface area contributed by atoms with Crippen LogP contribution in [0.25, 0.3) is 0 Å². The van der Waals surface area contributed by atoms with Crippen LogP contribution in [0.2, 0.25) is 0 Å². The summed E-state index contributed by atoms with van der Waals surface area (Å²) >= 11 is 0. The fourth-order valence-electron chi connectivity index (χ4n) is 3.45. The lowest BCUT2D eigenvalue weighted by molar-refractivity contribution is -0.144. The summed E-state index contributed by atoms with van der Waals surface area (Å²) in [6, 6.07) is -0.105. The Bertz CT molecular complexity index is 378. The molecule has 6 nitrogen and oxygen atoms in total. The van der Waals surface area contributed by atoms with Crippen molar-refractivity contribution in [3.05, 3.63) is 0 Å². The molecule has 1 saturated heterocycles. The zero-order valence-corrected chi connectivity index (χ0v) is 12.9. The Labute approximate surface area is 125 Å². The lowest BCUT2D eigenvalue weighted by Crippen LogP contribution is -2.52. The van der Waals surface area contributed by atoms with Gasteiger partial charge in [-0.15, -0.1) is 0 Å². The number of carbonyl (C=O) groups is 2. The molecule has 2 N–H and O–H groups in total. The molecule has 0 aromatic carbocycles. The molecule has 2 rings (SSSR count). The molecule has 1 aliphatic carbocycles. The van der Waals surface area contributed by atoms with E-state index in [1.807, 2.05) is 13.8 Å². The van der Waals surface area contributed by atoms with Crippen molar-refractivity contribution in [1.29, 1.82) is 0 Å². The fraction of sp³-hybridized carbons (Fsp3) is 0.867. The Hall–Kier alpha value is -1.30. The second kappa shape index (κ2) is 7.11. The van der Waals surface area contributed by atoms with Crippen molar-refractivity contribution in [2.24, 2.45) is 11.8 Å². The maximum atomic E-state index is 12.2. The number of carbonyl (C=O) groups excluding carboxylic acids is 1. The molecule has 4 atom stereocenters. The zero-order chi connectivity index (χ0) is 15.4. The monoisotopic (exact) mass is 298 g/mol. The van der Waals surface area contributed by atoms with Crippen LogP contribution in [0.5, 0.6) is 0 Å². The summed E-state index contributed by atoms with van der Waals surface area (Å²) in [6.07, 6.45) is 3.71. The number of carboxylic acid groups (broad SMARTS) is 1. The number of aliphatic carboxylic acids is 1. The van der Waals surface area contributed by atoms with Crippen LogP contribution < -0.4 is 5.32 Å². The second-order valence-electron chi connectivity index (χ2n) is 6.34. The number of hydrogen-bond acceptors (Lipinski definition) is 3. The van der Waals surface area contributed by atoms with Crippen LogP contribution in [0.3, 0.4) is 0 Å². The van der Waals surface area contributed by atoms with E-state index in [1.54, 1.807) is 4.90 Å². The van der Waals surface area contributed by atoms with Crippen molar-refractivity contribution in [2.75, 3.05) is 19.6 Å². The molecule has 6 heteroatoms. The van der Waals surface area contributed by atoms with Gasteiger partial charge in [-0.05, 0) is 32.6 Å². The van der Waals surface area contributed by atoms with Crippen molar-refractivity contribution in [1.82, 2.24) is 10.2 Å². The maximum Gasteiger partial charge on any atom is 0.317 e. The number of morpholine rings is 1. The van der Waals surface area contributed by atoms with E-state index in [1.165, 1.54) is 0 Å². The van der Waals surface area contributed by atoms with E-state index in [4.69, 9.17) is 4.74 Å². The van der Waals surface area contributed by atoms with Crippen molar-refractivity contribution >= 4 is 12.0 Å². The van der Waals surface area contributed by atoms with Gasteiger partial charge in [0.15, 0.2) is 0 Å². The van der Waals surface area contributed by atoms with Crippen molar-refractivity contribution in [3.8, 4) is 0 Å². The number of urea groups is 1. The predicted octanol–water partition coefficient (Wildman–Crippen LogP) is 1.70. The number of rotatable bonds is 3. The highest BCUT2D eigenvalue weighted by Gasteiger charge is 2.32. The quantitative estimate of drug-likeness (QED) is 0.831. The van der Waals surface area contributed by atoms with Crippen molar-refractivity contribution in [2.45, 2.75) is 51.7 Å². The van der Waals surface area contributed by atoms with Crippen LogP contribution in [-0.4, -0.2) is 53.8 Å². The van der Waals surface area contributed by atoms with E-state index < -0.39 is 5.97 Å². The highest BCUT2D eigenvalue weighted by atomic mass is 16.5. The molecule has 0 bridgehead atoms. The third-order valence-corrected chi connectivity index (χ3v) is 4.45. The van der Waals surface area contributed by atoms with Crippen LogP contribution in [0.4, 0.5) is 4.79 Å². The normalized spacial score (nSPS) is 33.5. The van der Waals surface area contributed by atoms with E-state index in [0.29, 0.717) is 19.6 Å². The first-order chi connectivity index (χ1) is 9.97. The third-order valence-electron chi connectivity index (χ3n) is 4.45. The molecule has 2 aliphatic rings. The summed E-state index contributed by atoms with van der Waals surface area (Å²) in [7, 11) is 0. The van der Waals surface area contributed by atoms with Gasteiger partial charge in [0.05, 0.1) is 18.1 Å². The molecule has 0 aromatic rings. The first kappa shape index (κ1) is 16.1. The minimum atomic E-state index is -0.734. The average Bonchev–Trinajstić information content (AvgIpc) is 2.43. The standard InChI is InChI=1S/C15H26N2O4/c1-10-8-17(9-11(2)21-10)15(20)16-7-12-5-3-4-6-13(12)14(18)19/h10-13H,3-9H2,1-2H3,(H,16,20)(H,18,19)/t10-,11+,12?,13?. The summed E-state index contributed by atoms with van der Waals surface area (Å²) < 4.78 is 5.61. The van der Waals surface area contributed by atoms with Crippen LogP contribution in [0, 0.1) is 11.8 Å². The van der Waals surface area contributed by atoms with E-state index in [9.17, 15) is 14.7 Å². The van der Waals surface area contributed by atoms with Gasteiger partial charge in [0.25, 0.3) is 0 Å². The molecule has 2 unspecified atom stereocenters. The molecule has 1 heterocycles. The molecule has 0 spiro atoms. The van der Waals surface area contributed by atoms with Crippen LogP contribution >= 0.6 is 0 Å². The first-order valence-electron chi connectivity index (χ1n) is 7.88. The smallest absolute Gasteiger partial charge is 0.317 e. The van der Waals surface area contributed by atoms with Gasteiger partial charge in [-0.2, -0.15) is 0 Å². The second-order valence-corrected chi connectivity index (χ2v) is 6.34. The largest absolute Gasteiger partial charge is 0.481 e. The zero-order valence-electron chi connectivity index (χ0n) is 12.9. The molecule has 120 valence electrons. The molecule has 1 saturated carbocycles. The SMILES string of the molecule is C[C@@H]1CN(C(=O)NCC2CCCCC2C(=O)O)C[C@H](C)O1. The van der Waals surface area contributed by atoms with E-state index in [2.05, 4.69) is 5.32 Å². The van der Waals surface area contributed by atoms with E-state index in [0.717, 1.165) is 25.7 Å². The average molecular weight is 298 g/mol. The Morgan fingerprint density at radius 3 is 2.43 bits per heavy atom. The highest BCUT2D eigenvalue weighted by molar-refractivity contribution is 5.74. The van der Waals surface area contributed by atoms with E-state index >= 15 is 0 Å². The van der Waals surface area contributed by atoms with Gasteiger partial charge in [0.1, 0.15) is 0 Å². The van der Waals surface area contributed by atoms with Gasteiger partial charge in [0.2, 0.25) is 0 Å².